The topological polar surface area (TPSA) is 58.6 Å². The smallest absolute Gasteiger partial charge is 0.238 e. The summed E-state index contributed by atoms with van der Waals surface area (Å²) in [6.07, 6.45) is 0.123. The number of hydrogen-bond acceptors (Lipinski definition) is 4. The van der Waals surface area contributed by atoms with Crippen molar-refractivity contribution in [3.05, 3.63) is 54.3 Å². The largest absolute Gasteiger partial charge is 0.492 e. The summed E-state index contributed by atoms with van der Waals surface area (Å²) in [6.45, 7) is 0.673. The normalized spacial score (nSPS) is 15.8. The van der Waals surface area contributed by atoms with Gasteiger partial charge < -0.3 is 15.0 Å². The second kappa shape index (κ2) is 8.23. The first-order valence-corrected chi connectivity index (χ1v) is 9.10. The number of ether oxygens (including phenoxy) is 1. The van der Waals surface area contributed by atoms with E-state index in [1.54, 1.807) is 7.05 Å². The van der Waals surface area contributed by atoms with Crippen LogP contribution in [-0.4, -0.2) is 42.2 Å². The molecule has 0 aromatic heterocycles. The predicted molar refractivity (Wildman–Crippen MR) is 98.9 cm³/mol. The number of benzene rings is 2. The molecular weight excluding hydrogens is 355 g/mol. The van der Waals surface area contributed by atoms with Crippen molar-refractivity contribution in [2.24, 2.45) is 0 Å². The van der Waals surface area contributed by atoms with E-state index in [2.05, 4.69) is 5.32 Å². The van der Waals surface area contributed by atoms with Crippen LogP contribution in [0.4, 0.5) is 10.1 Å². The Balaban J connectivity index is 1.48. The molecule has 0 bridgehead atoms. The van der Waals surface area contributed by atoms with Crippen molar-refractivity contribution < 1.29 is 18.7 Å². The molecule has 1 N–H and O–H groups in total. The molecule has 0 fully saturated rings. The number of rotatable bonds is 6. The molecular formula is C19H19FN2O3S. The number of para-hydroxylation sites is 1. The third-order valence-corrected chi connectivity index (χ3v) is 5.28. The Bertz CT molecular complexity index is 798. The lowest BCUT2D eigenvalue weighted by Crippen LogP contribution is -2.37. The van der Waals surface area contributed by atoms with Gasteiger partial charge in [-0.2, -0.15) is 0 Å². The van der Waals surface area contributed by atoms with Crippen LogP contribution in [0.15, 0.2) is 53.4 Å². The van der Waals surface area contributed by atoms with E-state index < -0.39 is 5.25 Å². The number of carbonyl (C=O) groups is 2. The Hall–Kier alpha value is -2.54. The van der Waals surface area contributed by atoms with Gasteiger partial charge in [-0.1, -0.05) is 12.1 Å². The van der Waals surface area contributed by atoms with Crippen LogP contribution in [0, 0.1) is 5.82 Å². The Morgan fingerprint density at radius 2 is 1.96 bits per heavy atom. The van der Waals surface area contributed by atoms with E-state index in [1.165, 1.54) is 40.9 Å². The standard InChI is InChI=1S/C19H19FN2O3S/c1-22(10-11-25-14-8-6-13(20)7-9-14)18(23)12-17-19(24)21-15-4-2-3-5-16(15)26-17/h2-9,17H,10-12H2,1H3,(H,21,24). The minimum absolute atomic E-state index is 0.123. The van der Waals surface area contributed by atoms with E-state index in [0.717, 1.165) is 10.6 Å². The SMILES string of the molecule is CN(CCOc1ccc(F)cc1)C(=O)CC1Sc2ccccc2NC1=O. The molecule has 2 amide bonds. The summed E-state index contributed by atoms with van der Waals surface area (Å²) in [5, 5.41) is 2.39. The molecule has 26 heavy (non-hydrogen) atoms. The van der Waals surface area contributed by atoms with Crippen LogP contribution in [-0.2, 0) is 9.59 Å². The maximum atomic E-state index is 12.8. The van der Waals surface area contributed by atoms with Gasteiger partial charge in [0.15, 0.2) is 0 Å². The predicted octanol–water partition coefficient (Wildman–Crippen LogP) is 3.17. The lowest BCUT2D eigenvalue weighted by Gasteiger charge is -2.25. The highest BCUT2D eigenvalue weighted by atomic mass is 32.2. The van der Waals surface area contributed by atoms with Gasteiger partial charge in [-0.05, 0) is 36.4 Å². The molecule has 2 aromatic rings. The minimum atomic E-state index is -0.446. The monoisotopic (exact) mass is 374 g/mol. The maximum absolute atomic E-state index is 12.8. The average Bonchev–Trinajstić information content (AvgIpc) is 2.63. The molecule has 0 radical (unpaired) electrons. The molecule has 136 valence electrons. The number of fused-ring (bicyclic) bond motifs is 1. The first kappa shape index (κ1) is 18.3. The summed E-state index contributed by atoms with van der Waals surface area (Å²) in [5.41, 5.74) is 0.784. The van der Waals surface area contributed by atoms with Gasteiger partial charge in [-0.25, -0.2) is 4.39 Å². The number of hydrogen-bond donors (Lipinski definition) is 1. The second-order valence-electron chi connectivity index (χ2n) is 5.91. The van der Waals surface area contributed by atoms with Crippen molar-refractivity contribution in [1.82, 2.24) is 4.90 Å². The lowest BCUT2D eigenvalue weighted by atomic mass is 10.2. The van der Waals surface area contributed by atoms with E-state index in [1.807, 2.05) is 24.3 Å². The van der Waals surface area contributed by atoms with Crippen molar-refractivity contribution in [1.29, 1.82) is 0 Å². The highest BCUT2D eigenvalue weighted by molar-refractivity contribution is 8.01. The van der Waals surface area contributed by atoms with Crippen molar-refractivity contribution in [2.75, 3.05) is 25.5 Å². The van der Waals surface area contributed by atoms with Crippen molar-refractivity contribution in [2.45, 2.75) is 16.6 Å². The molecule has 1 unspecified atom stereocenters. The van der Waals surface area contributed by atoms with Crippen molar-refractivity contribution >= 4 is 29.3 Å². The number of likely N-dealkylation sites (N-methyl/N-ethyl adjacent to an activating group) is 1. The first-order valence-electron chi connectivity index (χ1n) is 8.22. The third-order valence-electron chi connectivity index (χ3n) is 4.00. The summed E-state index contributed by atoms with van der Waals surface area (Å²) < 4.78 is 18.3. The molecule has 0 saturated heterocycles. The van der Waals surface area contributed by atoms with E-state index in [-0.39, 0.29) is 24.1 Å². The fourth-order valence-corrected chi connectivity index (χ4v) is 3.60. The van der Waals surface area contributed by atoms with Crippen LogP contribution < -0.4 is 10.1 Å². The maximum Gasteiger partial charge on any atom is 0.238 e. The molecule has 0 aliphatic carbocycles. The van der Waals surface area contributed by atoms with Crippen molar-refractivity contribution in [3.63, 3.8) is 0 Å². The Kier molecular flexibility index (Phi) is 5.78. The fourth-order valence-electron chi connectivity index (χ4n) is 2.50. The highest BCUT2D eigenvalue weighted by Gasteiger charge is 2.29. The summed E-state index contributed by atoms with van der Waals surface area (Å²) in [5.74, 6) is -0.0571. The Labute approximate surface area is 155 Å². The van der Waals surface area contributed by atoms with Gasteiger partial charge >= 0.3 is 0 Å². The van der Waals surface area contributed by atoms with Gasteiger partial charge in [0.1, 0.15) is 18.2 Å². The molecule has 5 nitrogen and oxygen atoms in total. The minimum Gasteiger partial charge on any atom is -0.492 e. The molecule has 2 aromatic carbocycles. The fraction of sp³-hybridized carbons (Fsp3) is 0.263. The third kappa shape index (κ3) is 4.54. The van der Waals surface area contributed by atoms with Crippen LogP contribution >= 0.6 is 11.8 Å². The van der Waals surface area contributed by atoms with E-state index in [0.29, 0.717) is 18.9 Å². The van der Waals surface area contributed by atoms with Gasteiger partial charge in [-0.3, -0.25) is 9.59 Å². The van der Waals surface area contributed by atoms with E-state index in [4.69, 9.17) is 4.74 Å². The molecule has 0 spiro atoms. The average molecular weight is 374 g/mol. The van der Waals surface area contributed by atoms with Gasteiger partial charge in [0, 0.05) is 18.4 Å². The molecule has 1 aliphatic rings. The number of carbonyl (C=O) groups excluding carboxylic acids is 2. The van der Waals surface area contributed by atoms with E-state index >= 15 is 0 Å². The van der Waals surface area contributed by atoms with E-state index in [9.17, 15) is 14.0 Å². The van der Waals surface area contributed by atoms with Crippen molar-refractivity contribution in [3.8, 4) is 5.75 Å². The van der Waals surface area contributed by atoms with Gasteiger partial charge in [0.2, 0.25) is 11.8 Å². The molecule has 1 atom stereocenters. The molecule has 7 heteroatoms. The first-order chi connectivity index (χ1) is 12.5. The Morgan fingerprint density at radius 1 is 1.23 bits per heavy atom. The summed E-state index contributed by atoms with van der Waals surface area (Å²) in [7, 11) is 1.68. The quantitative estimate of drug-likeness (QED) is 0.844. The molecule has 1 aliphatic heterocycles. The second-order valence-corrected chi connectivity index (χ2v) is 7.16. The lowest BCUT2D eigenvalue weighted by molar-refractivity contribution is -0.131. The molecule has 3 rings (SSSR count). The summed E-state index contributed by atoms with van der Waals surface area (Å²) in [6, 6.07) is 13.3. The van der Waals surface area contributed by atoms with Crippen LogP contribution in [0.25, 0.3) is 0 Å². The number of thioether (sulfide) groups is 1. The van der Waals surface area contributed by atoms with Gasteiger partial charge in [-0.15, -0.1) is 11.8 Å². The van der Waals surface area contributed by atoms with Crippen LogP contribution in [0.2, 0.25) is 0 Å². The summed E-state index contributed by atoms with van der Waals surface area (Å²) in [4.78, 5) is 27.1. The number of halogens is 1. The van der Waals surface area contributed by atoms with Crippen LogP contribution in [0.1, 0.15) is 6.42 Å². The number of amides is 2. The molecule has 0 saturated carbocycles. The van der Waals surface area contributed by atoms with Gasteiger partial charge in [0.25, 0.3) is 0 Å². The van der Waals surface area contributed by atoms with Crippen LogP contribution in [0.5, 0.6) is 5.75 Å². The highest BCUT2D eigenvalue weighted by Crippen LogP contribution is 2.36. The Morgan fingerprint density at radius 3 is 2.73 bits per heavy atom. The molecule has 1 heterocycles. The van der Waals surface area contributed by atoms with Gasteiger partial charge in [0.05, 0.1) is 17.5 Å². The van der Waals surface area contributed by atoms with Crippen LogP contribution in [0.3, 0.4) is 0 Å². The zero-order valence-corrected chi connectivity index (χ0v) is 15.1. The number of anilines is 1. The zero-order valence-electron chi connectivity index (χ0n) is 14.3. The zero-order chi connectivity index (χ0) is 18.5. The number of nitrogens with zero attached hydrogens (tertiary/aromatic N) is 1. The number of nitrogens with one attached hydrogen (secondary N) is 1. The summed E-state index contributed by atoms with van der Waals surface area (Å²) >= 11 is 1.41.